The van der Waals surface area contributed by atoms with Crippen molar-refractivity contribution in [1.29, 1.82) is 0 Å². The van der Waals surface area contributed by atoms with Crippen molar-refractivity contribution >= 4 is 11.2 Å². The number of imidazole rings is 1. The molecule has 5 heteroatoms. The lowest BCUT2D eigenvalue weighted by molar-refractivity contribution is 0.465. The van der Waals surface area contributed by atoms with E-state index in [1.165, 1.54) is 0 Å². The zero-order valence-corrected chi connectivity index (χ0v) is 12.2. The van der Waals surface area contributed by atoms with Crippen LogP contribution in [-0.2, 0) is 6.54 Å². The summed E-state index contributed by atoms with van der Waals surface area (Å²) in [6.45, 7) is 2.56. The van der Waals surface area contributed by atoms with E-state index in [1.807, 2.05) is 30.3 Å². The Morgan fingerprint density at radius 2 is 2.14 bits per heavy atom. The Morgan fingerprint density at radius 1 is 1.23 bits per heavy atom. The van der Waals surface area contributed by atoms with Crippen LogP contribution in [0.25, 0.3) is 11.2 Å². The molecule has 0 aliphatic carbocycles. The molecule has 1 saturated heterocycles. The van der Waals surface area contributed by atoms with Gasteiger partial charge in [-0.1, -0.05) is 18.2 Å². The van der Waals surface area contributed by atoms with Crippen LogP contribution in [0.3, 0.4) is 0 Å². The molecule has 0 bridgehead atoms. The molecular weight excluding hydrogens is 276 g/mol. The van der Waals surface area contributed by atoms with Gasteiger partial charge in [0.1, 0.15) is 17.1 Å². The number of aromatic nitrogens is 3. The molecule has 3 heterocycles. The number of para-hydroxylation sites is 1. The first-order valence-electron chi connectivity index (χ1n) is 7.61. The maximum Gasteiger partial charge on any atom is 0.160 e. The molecule has 112 valence electrons. The Bertz CT molecular complexity index is 805. The number of phenolic OH excluding ortho intramolecular Hbond substituents is 1. The average molecular weight is 294 g/mol. The molecule has 4 rings (SSSR count). The topological polar surface area (TPSA) is 63.0 Å². The second-order valence-corrected chi connectivity index (χ2v) is 5.72. The minimum Gasteiger partial charge on any atom is -0.508 e. The van der Waals surface area contributed by atoms with Crippen molar-refractivity contribution in [3.8, 4) is 5.75 Å². The Morgan fingerprint density at radius 3 is 2.95 bits per heavy atom. The number of fused-ring (bicyclic) bond motifs is 1. The lowest BCUT2D eigenvalue weighted by Crippen LogP contribution is -2.13. The van der Waals surface area contributed by atoms with Gasteiger partial charge in [-0.25, -0.2) is 9.97 Å². The van der Waals surface area contributed by atoms with Gasteiger partial charge >= 0.3 is 0 Å². The molecule has 1 aliphatic rings. The maximum absolute atomic E-state index is 10.1. The van der Waals surface area contributed by atoms with Gasteiger partial charge in [0.2, 0.25) is 0 Å². The van der Waals surface area contributed by atoms with Crippen LogP contribution in [-0.4, -0.2) is 32.7 Å². The van der Waals surface area contributed by atoms with E-state index in [4.69, 9.17) is 4.98 Å². The number of phenols is 1. The summed E-state index contributed by atoms with van der Waals surface area (Å²) in [5.74, 6) is 1.78. The Labute approximate surface area is 128 Å². The zero-order valence-electron chi connectivity index (χ0n) is 12.2. The normalized spacial score (nSPS) is 18.1. The number of nitrogens with zero attached hydrogens (tertiary/aromatic N) is 3. The third-order valence-electron chi connectivity index (χ3n) is 4.28. The molecule has 1 aromatic carbocycles. The summed E-state index contributed by atoms with van der Waals surface area (Å²) in [6, 6.07) is 11.4. The van der Waals surface area contributed by atoms with Crippen molar-refractivity contribution in [2.24, 2.45) is 0 Å². The largest absolute Gasteiger partial charge is 0.508 e. The van der Waals surface area contributed by atoms with Crippen LogP contribution < -0.4 is 5.32 Å². The molecule has 0 spiro atoms. The van der Waals surface area contributed by atoms with Crippen LogP contribution in [0, 0.1) is 0 Å². The minimum atomic E-state index is 0.316. The molecule has 3 aromatic rings. The van der Waals surface area contributed by atoms with Crippen molar-refractivity contribution in [2.45, 2.75) is 18.9 Å². The first kappa shape index (κ1) is 13.3. The summed E-state index contributed by atoms with van der Waals surface area (Å²) < 4.78 is 2.14. The standard InChI is InChI=1S/C17H18N4O/c22-15-6-2-1-4-13(15)11-21-16(12-7-9-18-10-12)20-14-5-3-8-19-17(14)21/h1-6,8,12,18,22H,7,9-11H2. The van der Waals surface area contributed by atoms with Crippen LogP contribution in [0.1, 0.15) is 23.7 Å². The van der Waals surface area contributed by atoms with E-state index >= 15 is 0 Å². The first-order valence-corrected chi connectivity index (χ1v) is 7.61. The van der Waals surface area contributed by atoms with Crippen molar-refractivity contribution in [3.05, 3.63) is 54.0 Å². The quantitative estimate of drug-likeness (QED) is 0.778. The summed E-state index contributed by atoms with van der Waals surface area (Å²) in [7, 11) is 0. The van der Waals surface area contributed by atoms with E-state index in [-0.39, 0.29) is 0 Å². The molecule has 0 amide bonds. The highest BCUT2D eigenvalue weighted by atomic mass is 16.3. The van der Waals surface area contributed by atoms with Gasteiger partial charge in [0.25, 0.3) is 0 Å². The minimum absolute atomic E-state index is 0.316. The predicted molar refractivity (Wildman–Crippen MR) is 85.0 cm³/mol. The molecule has 0 saturated carbocycles. The van der Waals surface area contributed by atoms with E-state index in [2.05, 4.69) is 14.9 Å². The number of rotatable bonds is 3. The van der Waals surface area contributed by atoms with Gasteiger partial charge in [-0.2, -0.15) is 0 Å². The highest BCUT2D eigenvalue weighted by molar-refractivity contribution is 5.71. The van der Waals surface area contributed by atoms with Gasteiger partial charge in [0.05, 0.1) is 6.54 Å². The van der Waals surface area contributed by atoms with Crippen molar-refractivity contribution in [2.75, 3.05) is 13.1 Å². The number of hydrogen-bond acceptors (Lipinski definition) is 4. The molecular formula is C17H18N4O. The number of pyridine rings is 1. The van der Waals surface area contributed by atoms with Crippen molar-refractivity contribution in [3.63, 3.8) is 0 Å². The molecule has 22 heavy (non-hydrogen) atoms. The summed E-state index contributed by atoms with van der Waals surface area (Å²) in [5.41, 5.74) is 2.69. The fraction of sp³-hybridized carbons (Fsp3) is 0.294. The third-order valence-corrected chi connectivity index (χ3v) is 4.28. The molecule has 5 nitrogen and oxygen atoms in total. The number of benzene rings is 1. The average Bonchev–Trinajstić information content (AvgIpc) is 3.17. The van der Waals surface area contributed by atoms with E-state index in [0.29, 0.717) is 18.2 Å². The van der Waals surface area contributed by atoms with Crippen molar-refractivity contribution in [1.82, 2.24) is 19.9 Å². The fourth-order valence-corrected chi connectivity index (χ4v) is 3.13. The molecule has 2 N–H and O–H groups in total. The van der Waals surface area contributed by atoms with Crippen LogP contribution in [0.15, 0.2) is 42.6 Å². The lowest BCUT2D eigenvalue weighted by Gasteiger charge is -2.13. The molecule has 2 aromatic heterocycles. The second kappa shape index (κ2) is 5.42. The number of nitrogens with one attached hydrogen (secondary N) is 1. The Balaban J connectivity index is 1.83. The van der Waals surface area contributed by atoms with Gasteiger partial charge in [0.15, 0.2) is 5.65 Å². The molecule has 1 atom stereocenters. The number of aromatic hydroxyl groups is 1. The van der Waals surface area contributed by atoms with E-state index < -0.39 is 0 Å². The summed E-state index contributed by atoms with van der Waals surface area (Å²) in [6.07, 6.45) is 2.88. The highest BCUT2D eigenvalue weighted by Gasteiger charge is 2.24. The predicted octanol–water partition coefficient (Wildman–Crippen LogP) is 2.26. The molecule has 1 fully saturated rings. The summed E-state index contributed by atoms with van der Waals surface area (Å²) in [5, 5.41) is 13.5. The van der Waals surface area contributed by atoms with E-state index in [1.54, 1.807) is 12.3 Å². The van der Waals surface area contributed by atoms with Crippen molar-refractivity contribution < 1.29 is 5.11 Å². The van der Waals surface area contributed by atoms with Gasteiger partial charge in [-0.15, -0.1) is 0 Å². The molecule has 1 unspecified atom stereocenters. The van der Waals surface area contributed by atoms with Gasteiger partial charge < -0.3 is 15.0 Å². The number of hydrogen-bond donors (Lipinski definition) is 2. The van der Waals surface area contributed by atoms with Crippen LogP contribution in [0.2, 0.25) is 0 Å². The maximum atomic E-state index is 10.1. The molecule has 0 radical (unpaired) electrons. The Hall–Kier alpha value is -2.40. The fourth-order valence-electron chi connectivity index (χ4n) is 3.13. The van der Waals surface area contributed by atoms with Crippen LogP contribution in [0.5, 0.6) is 5.75 Å². The van der Waals surface area contributed by atoms with Gasteiger partial charge in [-0.05, 0) is 31.2 Å². The van der Waals surface area contributed by atoms with Gasteiger partial charge in [0, 0.05) is 24.2 Å². The summed E-state index contributed by atoms with van der Waals surface area (Å²) in [4.78, 5) is 9.30. The lowest BCUT2D eigenvalue weighted by atomic mass is 10.1. The Kier molecular flexibility index (Phi) is 3.27. The van der Waals surface area contributed by atoms with Gasteiger partial charge in [-0.3, -0.25) is 0 Å². The monoisotopic (exact) mass is 294 g/mol. The first-order chi connectivity index (χ1) is 10.8. The smallest absolute Gasteiger partial charge is 0.160 e. The SMILES string of the molecule is Oc1ccccc1Cn1c(C2CCNC2)nc2cccnc21. The second-order valence-electron chi connectivity index (χ2n) is 5.72. The molecule has 1 aliphatic heterocycles. The van der Waals surface area contributed by atoms with E-state index in [0.717, 1.165) is 42.1 Å². The van der Waals surface area contributed by atoms with E-state index in [9.17, 15) is 5.11 Å². The summed E-state index contributed by atoms with van der Waals surface area (Å²) >= 11 is 0. The zero-order chi connectivity index (χ0) is 14.9. The van der Waals surface area contributed by atoms with Crippen LogP contribution in [0.4, 0.5) is 0 Å². The highest BCUT2D eigenvalue weighted by Crippen LogP contribution is 2.27. The van der Waals surface area contributed by atoms with Crippen LogP contribution >= 0.6 is 0 Å². The third kappa shape index (κ3) is 2.23.